The molecule has 7 heteroatoms. The molecule has 0 fully saturated rings. The number of thiophene rings is 2. The minimum absolute atomic E-state index is 0.0134. The van der Waals surface area contributed by atoms with Crippen molar-refractivity contribution in [2.45, 2.75) is 0 Å². The summed E-state index contributed by atoms with van der Waals surface area (Å²) in [5.74, 6) is 0.366. The van der Waals surface area contributed by atoms with Crippen LogP contribution in [0.5, 0.6) is 0 Å². The molecular weight excluding hydrogens is 369 g/mol. The minimum Gasteiger partial charge on any atom is -0.279 e. The number of hydrogen-bond acceptors (Lipinski definition) is 5. The molecule has 1 aliphatic rings. The fourth-order valence-electron chi connectivity index (χ4n) is 2.83. The number of hydrazine groups is 1. The third-order valence-electron chi connectivity index (χ3n) is 4.14. The van der Waals surface area contributed by atoms with Crippen molar-refractivity contribution in [3.63, 3.8) is 0 Å². The molecule has 0 bridgehead atoms. The Morgan fingerprint density at radius 3 is 2.15 bits per heavy atom. The smallest absolute Gasteiger partial charge is 0.262 e. The summed E-state index contributed by atoms with van der Waals surface area (Å²) in [6.07, 6.45) is 0. The van der Waals surface area contributed by atoms with Gasteiger partial charge in [0, 0.05) is 5.56 Å². The zero-order valence-electron chi connectivity index (χ0n) is 13.8. The first kappa shape index (κ1) is 16.9. The summed E-state index contributed by atoms with van der Waals surface area (Å²) < 4.78 is 12.7. The van der Waals surface area contributed by atoms with E-state index in [0.29, 0.717) is 5.84 Å². The lowest BCUT2D eigenvalue weighted by Gasteiger charge is -2.27. The van der Waals surface area contributed by atoms with E-state index in [4.69, 9.17) is 0 Å². The lowest BCUT2D eigenvalue weighted by Crippen LogP contribution is -2.51. The molecule has 4 rings (SSSR count). The summed E-state index contributed by atoms with van der Waals surface area (Å²) in [6.45, 7) is -0.556. The Hall–Kier alpha value is -2.51. The van der Waals surface area contributed by atoms with Crippen molar-refractivity contribution in [3.8, 4) is 22.3 Å². The molecule has 132 valence electrons. The molecule has 26 heavy (non-hydrogen) atoms. The zero-order chi connectivity index (χ0) is 17.9. The monoisotopic (exact) mass is 385 g/mol. The van der Waals surface area contributed by atoms with Crippen LogP contribution in [0.3, 0.4) is 0 Å². The van der Waals surface area contributed by atoms with Gasteiger partial charge in [-0.2, -0.15) is 22.7 Å². The van der Waals surface area contributed by atoms with Gasteiger partial charge in [0.05, 0.1) is 6.54 Å². The predicted octanol–water partition coefficient (Wildman–Crippen LogP) is 4.21. The molecule has 0 saturated carbocycles. The van der Waals surface area contributed by atoms with Crippen molar-refractivity contribution in [1.29, 1.82) is 0 Å². The molecule has 1 amide bonds. The Bertz CT molecular complexity index is 883. The van der Waals surface area contributed by atoms with Gasteiger partial charge in [0.1, 0.15) is 19.1 Å². The highest BCUT2D eigenvalue weighted by molar-refractivity contribution is 7.08. The van der Waals surface area contributed by atoms with E-state index in [1.165, 1.54) is 5.01 Å². The van der Waals surface area contributed by atoms with Gasteiger partial charge in [0.15, 0.2) is 0 Å². The van der Waals surface area contributed by atoms with Crippen LogP contribution >= 0.6 is 22.7 Å². The fourth-order valence-corrected chi connectivity index (χ4v) is 4.16. The first-order valence-corrected chi connectivity index (χ1v) is 10.0. The van der Waals surface area contributed by atoms with Crippen LogP contribution in [-0.2, 0) is 4.79 Å². The minimum atomic E-state index is -0.596. The number of nitrogens with zero attached hydrogens (tertiary/aromatic N) is 2. The number of aliphatic imine (C=N–C) groups is 1. The van der Waals surface area contributed by atoms with Crippen LogP contribution < -0.4 is 5.43 Å². The SMILES string of the molecule is O=C1CN=C(c2cc(-c3ccsc3)cc(-c3ccsc3)c2)NN1CCF. The number of hydrogen-bond donors (Lipinski definition) is 1. The summed E-state index contributed by atoms with van der Waals surface area (Å²) >= 11 is 3.30. The van der Waals surface area contributed by atoms with Crippen LogP contribution in [0.15, 0.2) is 56.8 Å². The molecule has 0 unspecified atom stereocenters. The number of benzene rings is 1. The summed E-state index contributed by atoms with van der Waals surface area (Å²) in [4.78, 5) is 16.2. The van der Waals surface area contributed by atoms with Gasteiger partial charge in [-0.3, -0.25) is 20.2 Å². The predicted molar refractivity (Wildman–Crippen MR) is 105 cm³/mol. The first-order chi connectivity index (χ1) is 12.7. The molecule has 1 N–H and O–H groups in total. The number of carbonyl (C=O) groups is 1. The number of carbonyl (C=O) groups excluding carboxylic acids is 1. The second-order valence-electron chi connectivity index (χ2n) is 5.83. The van der Waals surface area contributed by atoms with Gasteiger partial charge in [-0.1, -0.05) is 0 Å². The van der Waals surface area contributed by atoms with E-state index in [9.17, 15) is 9.18 Å². The van der Waals surface area contributed by atoms with Crippen LogP contribution in [0.1, 0.15) is 5.56 Å². The van der Waals surface area contributed by atoms with Crippen molar-refractivity contribution >= 4 is 34.4 Å². The topological polar surface area (TPSA) is 44.7 Å². The molecule has 0 atom stereocenters. The molecule has 0 radical (unpaired) electrons. The van der Waals surface area contributed by atoms with Crippen molar-refractivity contribution < 1.29 is 9.18 Å². The number of nitrogens with one attached hydrogen (secondary N) is 1. The highest BCUT2D eigenvalue weighted by Crippen LogP contribution is 2.31. The van der Waals surface area contributed by atoms with Gasteiger partial charge in [0.2, 0.25) is 0 Å². The van der Waals surface area contributed by atoms with Gasteiger partial charge in [-0.05, 0) is 74.1 Å². The largest absolute Gasteiger partial charge is 0.279 e. The molecule has 1 aliphatic heterocycles. The van der Waals surface area contributed by atoms with E-state index in [-0.39, 0.29) is 19.0 Å². The van der Waals surface area contributed by atoms with E-state index in [2.05, 4.69) is 39.4 Å². The standard InChI is InChI=1S/C19H16FN3OS2/c20-3-4-23-18(24)10-21-19(22-23)17-8-15(13-1-5-25-11-13)7-16(9-17)14-2-6-26-12-14/h1-2,5-9,11-12H,3-4,10H2,(H,21,22). The summed E-state index contributed by atoms with van der Waals surface area (Å²) in [5.41, 5.74) is 8.30. The molecule has 0 spiro atoms. The first-order valence-electron chi connectivity index (χ1n) is 8.12. The number of rotatable bonds is 5. The van der Waals surface area contributed by atoms with Crippen molar-refractivity contribution in [3.05, 3.63) is 57.4 Å². The molecule has 4 nitrogen and oxygen atoms in total. The Morgan fingerprint density at radius 2 is 1.62 bits per heavy atom. The molecule has 0 aliphatic carbocycles. The maximum Gasteiger partial charge on any atom is 0.262 e. The van der Waals surface area contributed by atoms with Crippen molar-refractivity contribution in [1.82, 2.24) is 10.4 Å². The number of amidine groups is 1. The molecule has 0 saturated heterocycles. The second-order valence-corrected chi connectivity index (χ2v) is 7.39. The maximum atomic E-state index is 12.7. The summed E-state index contributed by atoms with van der Waals surface area (Å²) in [5, 5.41) is 9.59. The van der Waals surface area contributed by atoms with Crippen LogP contribution in [0.25, 0.3) is 22.3 Å². The van der Waals surface area contributed by atoms with Gasteiger partial charge < -0.3 is 0 Å². The van der Waals surface area contributed by atoms with E-state index in [1.54, 1.807) is 22.7 Å². The van der Waals surface area contributed by atoms with E-state index < -0.39 is 6.67 Å². The van der Waals surface area contributed by atoms with Gasteiger partial charge in [-0.15, -0.1) is 0 Å². The third kappa shape index (κ3) is 3.40. The lowest BCUT2D eigenvalue weighted by molar-refractivity contribution is -0.132. The molecule has 2 aromatic heterocycles. The Labute approximate surface area is 158 Å². The quantitative estimate of drug-likeness (QED) is 0.715. The van der Waals surface area contributed by atoms with Gasteiger partial charge in [0.25, 0.3) is 5.91 Å². The normalized spacial score (nSPS) is 14.3. The number of halogens is 1. The maximum absolute atomic E-state index is 12.7. The highest BCUT2D eigenvalue weighted by Gasteiger charge is 2.21. The van der Waals surface area contributed by atoms with Crippen LogP contribution in [-0.4, -0.2) is 36.5 Å². The van der Waals surface area contributed by atoms with Crippen LogP contribution in [0.2, 0.25) is 0 Å². The third-order valence-corrected chi connectivity index (χ3v) is 5.50. The lowest BCUT2D eigenvalue weighted by atomic mass is 9.98. The van der Waals surface area contributed by atoms with E-state index in [1.807, 2.05) is 22.9 Å². The van der Waals surface area contributed by atoms with Crippen LogP contribution in [0, 0.1) is 0 Å². The summed E-state index contributed by atoms with van der Waals surface area (Å²) in [7, 11) is 0. The van der Waals surface area contributed by atoms with E-state index in [0.717, 1.165) is 27.8 Å². The highest BCUT2D eigenvalue weighted by atomic mass is 32.1. The van der Waals surface area contributed by atoms with Crippen molar-refractivity contribution in [2.24, 2.45) is 4.99 Å². The average Bonchev–Trinajstić information content (AvgIpc) is 3.37. The van der Waals surface area contributed by atoms with Gasteiger partial charge >= 0.3 is 0 Å². The molecule has 1 aromatic carbocycles. The summed E-state index contributed by atoms with van der Waals surface area (Å²) in [6, 6.07) is 10.4. The second kappa shape index (κ2) is 7.39. The zero-order valence-corrected chi connectivity index (χ0v) is 15.4. The Balaban J connectivity index is 1.77. The van der Waals surface area contributed by atoms with E-state index >= 15 is 0 Å². The Morgan fingerprint density at radius 1 is 1.00 bits per heavy atom. The number of alkyl halides is 1. The Kier molecular flexibility index (Phi) is 4.81. The van der Waals surface area contributed by atoms with Gasteiger partial charge in [-0.25, -0.2) is 4.39 Å². The fraction of sp³-hybridized carbons (Fsp3) is 0.158. The van der Waals surface area contributed by atoms with Crippen molar-refractivity contribution in [2.75, 3.05) is 19.8 Å². The number of amides is 1. The van der Waals surface area contributed by atoms with Crippen LogP contribution in [0.4, 0.5) is 4.39 Å². The average molecular weight is 385 g/mol. The molecule has 3 aromatic rings. The molecule has 3 heterocycles. The molecular formula is C19H16FN3OS2.